The Balaban J connectivity index is 2.83. The number of alkyl carbamates (subject to hydrolysis) is 1. The van der Waals surface area contributed by atoms with E-state index in [0.29, 0.717) is 5.56 Å². The highest BCUT2D eigenvalue weighted by molar-refractivity contribution is 5.89. The summed E-state index contributed by atoms with van der Waals surface area (Å²) < 4.78 is 15.2. The van der Waals surface area contributed by atoms with E-state index in [4.69, 9.17) is 14.2 Å². The van der Waals surface area contributed by atoms with Crippen LogP contribution < -0.4 is 5.32 Å². The molecule has 0 spiro atoms. The smallest absolute Gasteiger partial charge is 0.408 e. The lowest BCUT2D eigenvalue weighted by Gasteiger charge is -2.22. The molecule has 1 aromatic carbocycles. The van der Waals surface area contributed by atoms with E-state index >= 15 is 0 Å². The molecule has 0 bridgehead atoms. The zero-order chi connectivity index (χ0) is 20.8. The number of benzene rings is 1. The minimum absolute atomic E-state index is 0.195. The summed E-state index contributed by atoms with van der Waals surface area (Å²) in [6.45, 7) is 10.6. The van der Waals surface area contributed by atoms with E-state index in [1.165, 1.54) is 7.11 Å². The number of carbonyl (C=O) groups is 3. The van der Waals surface area contributed by atoms with Gasteiger partial charge in [0.25, 0.3) is 0 Å². The van der Waals surface area contributed by atoms with Gasteiger partial charge in [-0.2, -0.15) is 0 Å². The maximum Gasteiger partial charge on any atom is 0.408 e. The van der Waals surface area contributed by atoms with Gasteiger partial charge in [0.1, 0.15) is 17.2 Å². The number of carbonyl (C=O) groups excluding carboxylic acids is 3. The van der Waals surface area contributed by atoms with Crippen LogP contribution in [0.15, 0.2) is 24.3 Å². The van der Waals surface area contributed by atoms with Crippen molar-refractivity contribution in [2.75, 3.05) is 7.11 Å². The number of rotatable bonds is 5. The van der Waals surface area contributed by atoms with Crippen LogP contribution in [-0.2, 0) is 25.4 Å². The van der Waals surface area contributed by atoms with Crippen LogP contribution in [0.2, 0.25) is 0 Å². The van der Waals surface area contributed by atoms with E-state index in [0.717, 1.165) is 5.56 Å². The van der Waals surface area contributed by atoms with Gasteiger partial charge in [0.15, 0.2) is 0 Å². The first-order chi connectivity index (χ1) is 12.3. The number of hydrogen-bond acceptors (Lipinski definition) is 6. The Morgan fingerprint density at radius 3 is 1.89 bits per heavy atom. The molecule has 27 heavy (non-hydrogen) atoms. The third-order valence-corrected chi connectivity index (χ3v) is 3.21. The molecule has 0 heterocycles. The van der Waals surface area contributed by atoms with Crippen LogP contribution in [0, 0.1) is 0 Å². The second-order valence-electron chi connectivity index (χ2n) is 8.12. The Kier molecular flexibility index (Phi) is 7.39. The van der Waals surface area contributed by atoms with Gasteiger partial charge in [-0.1, -0.05) is 12.1 Å². The molecule has 0 aliphatic heterocycles. The fourth-order valence-corrected chi connectivity index (χ4v) is 2.13. The Morgan fingerprint density at radius 2 is 1.44 bits per heavy atom. The van der Waals surface area contributed by atoms with Gasteiger partial charge in [-0.3, -0.25) is 0 Å². The van der Waals surface area contributed by atoms with Crippen molar-refractivity contribution in [3.63, 3.8) is 0 Å². The van der Waals surface area contributed by atoms with Crippen LogP contribution in [0.25, 0.3) is 0 Å². The maximum atomic E-state index is 12.1. The largest absolute Gasteiger partial charge is 0.467 e. The highest BCUT2D eigenvalue weighted by Crippen LogP contribution is 2.14. The maximum absolute atomic E-state index is 12.1. The summed E-state index contributed by atoms with van der Waals surface area (Å²) >= 11 is 0. The summed E-state index contributed by atoms with van der Waals surface area (Å²) in [5.74, 6) is -1.01. The average Bonchev–Trinajstić information content (AvgIpc) is 2.50. The van der Waals surface area contributed by atoms with Crippen molar-refractivity contribution in [3.8, 4) is 0 Å². The van der Waals surface area contributed by atoms with Crippen LogP contribution >= 0.6 is 0 Å². The van der Waals surface area contributed by atoms with Crippen LogP contribution in [0.4, 0.5) is 4.79 Å². The molecule has 1 N–H and O–H groups in total. The Bertz CT molecular complexity index is 667. The zero-order valence-electron chi connectivity index (χ0n) is 17.0. The number of nitrogens with one attached hydrogen (secondary N) is 1. The molecule has 7 heteroatoms. The van der Waals surface area contributed by atoms with Crippen molar-refractivity contribution < 1.29 is 28.6 Å². The molecular formula is C20H29NO6. The van der Waals surface area contributed by atoms with Crippen molar-refractivity contribution in [2.24, 2.45) is 0 Å². The molecule has 0 aliphatic rings. The van der Waals surface area contributed by atoms with Crippen LogP contribution in [0.1, 0.15) is 57.5 Å². The van der Waals surface area contributed by atoms with Crippen molar-refractivity contribution in [1.82, 2.24) is 5.32 Å². The van der Waals surface area contributed by atoms with Gasteiger partial charge in [-0.25, -0.2) is 14.4 Å². The van der Waals surface area contributed by atoms with Gasteiger partial charge in [-0.05, 0) is 59.2 Å². The highest BCUT2D eigenvalue weighted by atomic mass is 16.6. The molecular weight excluding hydrogens is 350 g/mol. The second kappa shape index (κ2) is 8.88. The molecule has 0 aromatic heterocycles. The van der Waals surface area contributed by atoms with Crippen molar-refractivity contribution in [3.05, 3.63) is 35.4 Å². The molecule has 0 fully saturated rings. The van der Waals surface area contributed by atoms with Gasteiger partial charge in [0.2, 0.25) is 0 Å². The fraction of sp³-hybridized carbons (Fsp3) is 0.550. The standard InChI is InChI=1S/C20H29NO6/c1-19(2,3)26-16(22)14-10-8-13(9-11-14)12-15(17(23)25-7)21-18(24)27-20(4,5)6/h8-11,15H,12H2,1-7H3,(H,21,24). The SMILES string of the molecule is COC(=O)C(Cc1ccc(C(=O)OC(C)(C)C)cc1)NC(=O)OC(C)(C)C. The molecule has 0 saturated heterocycles. The lowest BCUT2D eigenvalue weighted by atomic mass is 10.0. The Morgan fingerprint density at radius 1 is 0.926 bits per heavy atom. The summed E-state index contributed by atoms with van der Waals surface area (Å²) in [5, 5.41) is 2.51. The Hall–Kier alpha value is -2.57. The third-order valence-electron chi connectivity index (χ3n) is 3.21. The number of ether oxygens (including phenoxy) is 3. The van der Waals surface area contributed by atoms with Crippen molar-refractivity contribution in [2.45, 2.75) is 65.2 Å². The fourth-order valence-electron chi connectivity index (χ4n) is 2.13. The summed E-state index contributed by atoms with van der Waals surface area (Å²) in [6.07, 6.45) is -0.510. The molecule has 1 amide bonds. The van der Waals surface area contributed by atoms with Gasteiger partial charge in [0, 0.05) is 6.42 Å². The topological polar surface area (TPSA) is 90.9 Å². The van der Waals surface area contributed by atoms with Crippen LogP contribution in [0.3, 0.4) is 0 Å². The molecule has 0 aliphatic carbocycles. The monoisotopic (exact) mass is 379 g/mol. The minimum Gasteiger partial charge on any atom is -0.467 e. The first kappa shape index (κ1) is 22.5. The number of esters is 2. The first-order valence-corrected chi connectivity index (χ1v) is 8.70. The van der Waals surface area contributed by atoms with Crippen LogP contribution in [0.5, 0.6) is 0 Å². The van der Waals surface area contributed by atoms with E-state index in [9.17, 15) is 14.4 Å². The number of amides is 1. The summed E-state index contributed by atoms with van der Waals surface area (Å²) in [4.78, 5) is 36.0. The second-order valence-corrected chi connectivity index (χ2v) is 8.12. The van der Waals surface area contributed by atoms with Gasteiger partial charge in [-0.15, -0.1) is 0 Å². The van der Waals surface area contributed by atoms with Crippen molar-refractivity contribution >= 4 is 18.0 Å². The predicted octanol–water partition coefficient (Wildman–Crippen LogP) is 3.25. The van der Waals surface area contributed by atoms with E-state index in [1.54, 1.807) is 65.8 Å². The number of methoxy groups -OCH3 is 1. The van der Waals surface area contributed by atoms with E-state index in [-0.39, 0.29) is 6.42 Å². The molecule has 150 valence electrons. The van der Waals surface area contributed by atoms with Crippen molar-refractivity contribution in [1.29, 1.82) is 0 Å². The molecule has 0 radical (unpaired) electrons. The summed E-state index contributed by atoms with van der Waals surface area (Å²) in [5.41, 5.74) is -0.111. The number of hydrogen-bond donors (Lipinski definition) is 1. The third kappa shape index (κ3) is 8.57. The van der Waals surface area contributed by atoms with Gasteiger partial charge < -0.3 is 19.5 Å². The molecule has 7 nitrogen and oxygen atoms in total. The van der Waals surface area contributed by atoms with Crippen LogP contribution in [-0.4, -0.2) is 42.4 Å². The van der Waals surface area contributed by atoms with E-state index in [2.05, 4.69) is 5.32 Å². The minimum atomic E-state index is -0.905. The molecule has 0 saturated carbocycles. The quantitative estimate of drug-likeness (QED) is 0.624. The lowest BCUT2D eigenvalue weighted by Crippen LogP contribution is -2.45. The first-order valence-electron chi connectivity index (χ1n) is 8.70. The zero-order valence-corrected chi connectivity index (χ0v) is 17.0. The summed E-state index contributed by atoms with van der Waals surface area (Å²) in [6, 6.07) is 5.73. The molecule has 1 rings (SSSR count). The molecule has 1 unspecified atom stereocenters. The summed E-state index contributed by atoms with van der Waals surface area (Å²) in [7, 11) is 1.25. The lowest BCUT2D eigenvalue weighted by molar-refractivity contribution is -0.143. The van der Waals surface area contributed by atoms with Gasteiger partial charge >= 0.3 is 18.0 Å². The van der Waals surface area contributed by atoms with E-state index < -0.39 is 35.3 Å². The van der Waals surface area contributed by atoms with Gasteiger partial charge in [0.05, 0.1) is 12.7 Å². The molecule has 1 aromatic rings. The normalized spacial score (nSPS) is 12.7. The Labute approximate surface area is 160 Å². The highest BCUT2D eigenvalue weighted by Gasteiger charge is 2.25. The molecule has 1 atom stereocenters. The average molecular weight is 379 g/mol. The predicted molar refractivity (Wildman–Crippen MR) is 100 cm³/mol. The van der Waals surface area contributed by atoms with E-state index in [1.807, 2.05) is 0 Å².